The molecule has 6 heteroatoms. The Labute approximate surface area is 73.5 Å². The van der Waals surface area contributed by atoms with Gasteiger partial charge in [-0.3, -0.25) is 4.18 Å². The lowest BCUT2D eigenvalue weighted by Gasteiger charge is -2.12. The lowest BCUT2D eigenvalue weighted by molar-refractivity contribution is -0.151. The summed E-state index contributed by atoms with van der Waals surface area (Å²) >= 11 is -2.67. The van der Waals surface area contributed by atoms with Crippen LogP contribution in [0.15, 0.2) is 0 Å². The molecule has 12 heavy (non-hydrogen) atoms. The lowest BCUT2D eigenvalue weighted by Crippen LogP contribution is -2.24. The van der Waals surface area contributed by atoms with Crippen molar-refractivity contribution in [3.63, 3.8) is 0 Å². The SMILES string of the molecule is CCCOC(=O)C(C)OS(=O)[O-]. The molecule has 0 aliphatic rings. The van der Waals surface area contributed by atoms with Gasteiger partial charge in [-0.15, -0.1) is 0 Å². The van der Waals surface area contributed by atoms with Gasteiger partial charge in [-0.25, -0.2) is 9.00 Å². The number of esters is 1. The highest BCUT2D eigenvalue weighted by Gasteiger charge is 2.14. The molecule has 0 aromatic rings. The molecule has 72 valence electrons. The van der Waals surface area contributed by atoms with Gasteiger partial charge < -0.3 is 9.29 Å². The van der Waals surface area contributed by atoms with Crippen molar-refractivity contribution in [1.29, 1.82) is 0 Å². The molecule has 2 unspecified atom stereocenters. The zero-order valence-electron chi connectivity index (χ0n) is 6.94. The number of hydrogen-bond acceptors (Lipinski definition) is 5. The molecular formula is C6H11O5S-. The van der Waals surface area contributed by atoms with E-state index in [1.54, 1.807) is 0 Å². The van der Waals surface area contributed by atoms with Crippen molar-refractivity contribution in [2.24, 2.45) is 0 Å². The van der Waals surface area contributed by atoms with Crippen molar-refractivity contribution in [3.05, 3.63) is 0 Å². The van der Waals surface area contributed by atoms with Gasteiger partial charge in [0.05, 0.1) is 18.0 Å². The molecule has 2 atom stereocenters. The fourth-order valence-corrected chi connectivity index (χ4v) is 0.791. The molecule has 0 radical (unpaired) electrons. The number of carbonyl (C=O) groups excluding carboxylic acids is 1. The fourth-order valence-electron chi connectivity index (χ4n) is 0.477. The Kier molecular flexibility index (Phi) is 5.87. The summed E-state index contributed by atoms with van der Waals surface area (Å²) in [5.41, 5.74) is 0. The number of hydrogen-bond donors (Lipinski definition) is 0. The molecule has 0 saturated carbocycles. The lowest BCUT2D eigenvalue weighted by atomic mass is 10.4. The van der Waals surface area contributed by atoms with Crippen LogP contribution in [-0.2, 0) is 25.1 Å². The van der Waals surface area contributed by atoms with Crippen molar-refractivity contribution in [2.45, 2.75) is 26.4 Å². The van der Waals surface area contributed by atoms with Crippen LogP contribution < -0.4 is 0 Å². The first-order valence-electron chi connectivity index (χ1n) is 3.51. The Morgan fingerprint density at radius 1 is 1.67 bits per heavy atom. The molecule has 0 heterocycles. The Bertz CT molecular complexity index is 169. The average Bonchev–Trinajstić information content (AvgIpc) is 1.98. The van der Waals surface area contributed by atoms with Crippen molar-refractivity contribution in [3.8, 4) is 0 Å². The zero-order chi connectivity index (χ0) is 9.56. The van der Waals surface area contributed by atoms with Gasteiger partial charge in [0.2, 0.25) is 0 Å². The highest BCUT2D eigenvalue weighted by molar-refractivity contribution is 7.74. The molecule has 0 fully saturated rings. The molecule has 0 bridgehead atoms. The predicted molar refractivity (Wildman–Crippen MR) is 40.7 cm³/mol. The normalized spacial score (nSPS) is 15.2. The third kappa shape index (κ3) is 5.22. The standard InChI is InChI=1S/C6H12O5S/c1-3-4-10-6(7)5(2)11-12(8)9/h5H,3-4H2,1-2H3,(H,8,9)/p-1. The van der Waals surface area contributed by atoms with Crippen molar-refractivity contribution in [1.82, 2.24) is 0 Å². The van der Waals surface area contributed by atoms with E-state index in [1.165, 1.54) is 6.92 Å². The van der Waals surface area contributed by atoms with Gasteiger partial charge in [-0.2, -0.15) is 0 Å². The molecule has 0 aliphatic heterocycles. The highest BCUT2D eigenvalue weighted by Crippen LogP contribution is 1.96. The second-order valence-electron chi connectivity index (χ2n) is 2.11. The van der Waals surface area contributed by atoms with E-state index >= 15 is 0 Å². The summed E-state index contributed by atoms with van der Waals surface area (Å²) in [4.78, 5) is 10.8. The van der Waals surface area contributed by atoms with Crippen LogP contribution in [0.25, 0.3) is 0 Å². The molecule has 0 saturated heterocycles. The second-order valence-corrected chi connectivity index (χ2v) is 2.71. The summed E-state index contributed by atoms with van der Waals surface area (Å²) in [6, 6.07) is 0. The minimum Gasteiger partial charge on any atom is -0.750 e. The van der Waals surface area contributed by atoms with Gasteiger partial charge >= 0.3 is 5.97 Å². The molecule has 0 rings (SSSR count). The van der Waals surface area contributed by atoms with Crippen LogP contribution in [0.2, 0.25) is 0 Å². The van der Waals surface area contributed by atoms with Crippen LogP contribution in [-0.4, -0.2) is 27.4 Å². The van der Waals surface area contributed by atoms with Gasteiger partial charge in [-0.1, -0.05) is 6.92 Å². The largest absolute Gasteiger partial charge is 0.750 e. The summed E-state index contributed by atoms with van der Waals surface area (Å²) in [6.45, 7) is 3.43. The van der Waals surface area contributed by atoms with Crippen LogP contribution in [0.1, 0.15) is 20.3 Å². The van der Waals surface area contributed by atoms with Crippen LogP contribution in [0.5, 0.6) is 0 Å². The molecule has 0 amide bonds. The van der Waals surface area contributed by atoms with E-state index < -0.39 is 23.4 Å². The molecule has 0 aliphatic carbocycles. The van der Waals surface area contributed by atoms with Crippen molar-refractivity contribution in [2.75, 3.05) is 6.61 Å². The maximum absolute atomic E-state index is 10.8. The van der Waals surface area contributed by atoms with Crippen molar-refractivity contribution >= 4 is 17.3 Å². The van der Waals surface area contributed by atoms with Crippen LogP contribution in [0.3, 0.4) is 0 Å². The molecule has 5 nitrogen and oxygen atoms in total. The van der Waals surface area contributed by atoms with Gasteiger partial charge in [0.25, 0.3) is 0 Å². The Hall–Kier alpha value is -0.460. The average molecular weight is 195 g/mol. The number of rotatable bonds is 5. The van der Waals surface area contributed by atoms with E-state index in [1.807, 2.05) is 6.92 Å². The maximum Gasteiger partial charge on any atom is 0.336 e. The topological polar surface area (TPSA) is 75.7 Å². The smallest absolute Gasteiger partial charge is 0.336 e. The quantitative estimate of drug-likeness (QED) is 0.460. The van der Waals surface area contributed by atoms with Crippen LogP contribution in [0.4, 0.5) is 0 Å². The van der Waals surface area contributed by atoms with E-state index in [-0.39, 0.29) is 6.61 Å². The molecule has 0 aromatic carbocycles. The maximum atomic E-state index is 10.8. The minimum absolute atomic E-state index is 0.276. The Balaban J connectivity index is 3.69. The first kappa shape index (κ1) is 11.5. The Morgan fingerprint density at radius 2 is 2.25 bits per heavy atom. The molecule has 0 spiro atoms. The second kappa shape index (κ2) is 6.10. The monoisotopic (exact) mass is 195 g/mol. The van der Waals surface area contributed by atoms with Gasteiger partial charge in [0.1, 0.15) is 0 Å². The third-order valence-corrected chi connectivity index (χ3v) is 1.45. The molecule has 0 aromatic heterocycles. The third-order valence-electron chi connectivity index (χ3n) is 1.00. The first-order chi connectivity index (χ1) is 5.57. The van der Waals surface area contributed by atoms with Gasteiger partial charge in [0.15, 0.2) is 6.10 Å². The minimum atomic E-state index is -2.67. The van der Waals surface area contributed by atoms with E-state index in [0.29, 0.717) is 6.42 Å². The molecule has 0 N–H and O–H groups in total. The number of carbonyl (C=O) groups is 1. The fraction of sp³-hybridized carbons (Fsp3) is 0.833. The summed E-state index contributed by atoms with van der Waals surface area (Å²) in [5, 5.41) is 0. The first-order valence-corrected chi connectivity index (χ1v) is 4.51. The van der Waals surface area contributed by atoms with Crippen LogP contribution >= 0.6 is 0 Å². The number of ether oxygens (including phenoxy) is 1. The predicted octanol–water partition coefficient (Wildman–Crippen LogP) is 0.139. The van der Waals surface area contributed by atoms with Gasteiger partial charge in [0, 0.05) is 0 Å². The van der Waals surface area contributed by atoms with Crippen LogP contribution in [0, 0.1) is 0 Å². The summed E-state index contributed by atoms with van der Waals surface area (Å²) in [6.07, 6.45) is -0.367. The van der Waals surface area contributed by atoms with E-state index in [2.05, 4.69) is 8.92 Å². The molecular weight excluding hydrogens is 184 g/mol. The summed E-state index contributed by atoms with van der Waals surface area (Å²) in [5.74, 6) is -0.666. The Morgan fingerprint density at radius 3 is 2.67 bits per heavy atom. The van der Waals surface area contributed by atoms with Gasteiger partial charge in [-0.05, 0) is 13.3 Å². The van der Waals surface area contributed by atoms with E-state index in [4.69, 9.17) is 0 Å². The van der Waals surface area contributed by atoms with E-state index in [9.17, 15) is 13.6 Å². The summed E-state index contributed by atoms with van der Waals surface area (Å²) in [7, 11) is 0. The highest BCUT2D eigenvalue weighted by atomic mass is 32.2. The van der Waals surface area contributed by atoms with E-state index in [0.717, 1.165) is 0 Å². The van der Waals surface area contributed by atoms with Crippen molar-refractivity contribution < 1.29 is 22.5 Å². The zero-order valence-corrected chi connectivity index (χ0v) is 7.76. The summed E-state index contributed by atoms with van der Waals surface area (Å²) < 4.78 is 28.7.